The first kappa shape index (κ1) is 12.8. The van der Waals surface area contributed by atoms with Crippen molar-refractivity contribution in [2.24, 2.45) is 5.73 Å². The van der Waals surface area contributed by atoms with E-state index >= 15 is 0 Å². The van der Waals surface area contributed by atoms with E-state index in [0.717, 1.165) is 0 Å². The summed E-state index contributed by atoms with van der Waals surface area (Å²) < 4.78 is 0. The van der Waals surface area contributed by atoms with Crippen LogP contribution in [0.2, 0.25) is 0 Å². The molecule has 0 atom stereocenters. The number of aliphatic hydroxyl groups excluding tert-OH is 2. The first-order chi connectivity index (χ1) is 6.63. The maximum Gasteiger partial charge on any atom is 0.239 e. The van der Waals surface area contributed by atoms with Gasteiger partial charge in [0, 0.05) is 0 Å². The molecule has 0 heterocycles. The molecule has 0 radical (unpaired) electrons. The van der Waals surface area contributed by atoms with Crippen molar-refractivity contribution in [1.82, 2.24) is 10.6 Å². The molecule has 7 nitrogen and oxygen atoms in total. The maximum absolute atomic E-state index is 11.0. The minimum atomic E-state index is -0.697. The molecule has 0 saturated carbocycles. The fourth-order valence-electron chi connectivity index (χ4n) is 0.679. The summed E-state index contributed by atoms with van der Waals surface area (Å²) in [5.41, 5.74) is 4.99. The van der Waals surface area contributed by atoms with Gasteiger partial charge in [0.15, 0.2) is 0 Å². The lowest BCUT2D eigenvalue weighted by molar-refractivity contribution is -0.126. The monoisotopic (exact) mass is 205 g/mol. The van der Waals surface area contributed by atoms with Gasteiger partial charge >= 0.3 is 0 Å². The Bertz CT molecular complexity index is 193. The van der Waals surface area contributed by atoms with Gasteiger partial charge in [-0.2, -0.15) is 0 Å². The highest BCUT2D eigenvalue weighted by Gasteiger charge is 2.10. The first-order valence-electron chi connectivity index (χ1n) is 4.11. The molecule has 0 bridgehead atoms. The molecule has 0 aliphatic heterocycles. The van der Waals surface area contributed by atoms with E-state index in [2.05, 4.69) is 10.6 Å². The van der Waals surface area contributed by atoms with Crippen LogP contribution in [0.15, 0.2) is 0 Å². The van der Waals surface area contributed by atoms with Crippen molar-refractivity contribution in [3.05, 3.63) is 0 Å². The van der Waals surface area contributed by atoms with Gasteiger partial charge in [-0.25, -0.2) is 0 Å². The van der Waals surface area contributed by atoms with Crippen molar-refractivity contribution in [2.45, 2.75) is 6.04 Å². The molecule has 0 saturated heterocycles. The Morgan fingerprint density at radius 2 is 1.79 bits per heavy atom. The van der Waals surface area contributed by atoms with Gasteiger partial charge in [0.05, 0.1) is 32.3 Å². The maximum atomic E-state index is 11.0. The van der Waals surface area contributed by atoms with Crippen LogP contribution >= 0.6 is 0 Å². The third kappa shape index (κ3) is 5.46. The van der Waals surface area contributed by atoms with Crippen LogP contribution in [0.25, 0.3) is 0 Å². The largest absolute Gasteiger partial charge is 0.394 e. The van der Waals surface area contributed by atoms with E-state index in [0.29, 0.717) is 0 Å². The zero-order chi connectivity index (χ0) is 11.0. The van der Waals surface area contributed by atoms with Crippen LogP contribution in [0, 0.1) is 0 Å². The highest BCUT2D eigenvalue weighted by Crippen LogP contribution is 1.78. The molecular formula is C7H15N3O4. The van der Waals surface area contributed by atoms with Gasteiger partial charge in [-0.05, 0) is 0 Å². The number of rotatable bonds is 6. The molecule has 7 heteroatoms. The fraction of sp³-hybridized carbons (Fsp3) is 0.714. The summed E-state index contributed by atoms with van der Waals surface area (Å²) in [7, 11) is 0. The summed E-state index contributed by atoms with van der Waals surface area (Å²) in [6.07, 6.45) is 0. The second kappa shape index (κ2) is 7.25. The third-order valence-electron chi connectivity index (χ3n) is 1.44. The molecule has 0 rings (SSSR count). The summed E-state index contributed by atoms with van der Waals surface area (Å²) in [4.78, 5) is 21.6. The molecule has 0 spiro atoms. The van der Waals surface area contributed by atoms with Crippen molar-refractivity contribution in [1.29, 1.82) is 0 Å². The van der Waals surface area contributed by atoms with Crippen LogP contribution in [-0.4, -0.2) is 54.4 Å². The lowest BCUT2D eigenvalue weighted by Crippen LogP contribution is -2.46. The Morgan fingerprint density at radius 1 is 1.21 bits per heavy atom. The molecule has 2 amide bonds. The number of hydrogen-bond donors (Lipinski definition) is 5. The van der Waals surface area contributed by atoms with Crippen LogP contribution < -0.4 is 16.4 Å². The molecular weight excluding hydrogens is 190 g/mol. The Morgan fingerprint density at radius 3 is 2.21 bits per heavy atom. The van der Waals surface area contributed by atoms with Crippen molar-refractivity contribution in [3.8, 4) is 0 Å². The summed E-state index contributed by atoms with van der Waals surface area (Å²) in [5, 5.41) is 21.8. The normalized spacial score (nSPS) is 10.0. The predicted octanol–water partition coefficient (Wildman–Crippen LogP) is -3.47. The number of amides is 2. The smallest absolute Gasteiger partial charge is 0.239 e. The van der Waals surface area contributed by atoms with Gasteiger partial charge in [-0.15, -0.1) is 0 Å². The average molecular weight is 205 g/mol. The van der Waals surface area contributed by atoms with Crippen LogP contribution in [0.1, 0.15) is 0 Å². The van der Waals surface area contributed by atoms with E-state index in [1.54, 1.807) is 0 Å². The van der Waals surface area contributed by atoms with Crippen LogP contribution in [0.5, 0.6) is 0 Å². The van der Waals surface area contributed by atoms with Gasteiger partial charge in [0.1, 0.15) is 0 Å². The summed E-state index contributed by atoms with van der Waals surface area (Å²) >= 11 is 0. The van der Waals surface area contributed by atoms with Gasteiger partial charge in [-0.3, -0.25) is 9.59 Å². The Hall–Kier alpha value is -1.18. The average Bonchev–Trinajstić information content (AvgIpc) is 2.22. The fourth-order valence-corrected chi connectivity index (χ4v) is 0.679. The highest BCUT2D eigenvalue weighted by molar-refractivity contribution is 5.85. The second-order valence-corrected chi connectivity index (χ2v) is 2.61. The zero-order valence-corrected chi connectivity index (χ0v) is 7.69. The number of carbonyl (C=O) groups excluding carboxylic acids is 2. The third-order valence-corrected chi connectivity index (χ3v) is 1.44. The van der Waals surface area contributed by atoms with Crippen molar-refractivity contribution in [2.75, 3.05) is 26.3 Å². The van der Waals surface area contributed by atoms with E-state index in [9.17, 15) is 9.59 Å². The molecule has 0 aliphatic carbocycles. The number of hydrogen-bond acceptors (Lipinski definition) is 5. The van der Waals surface area contributed by atoms with Gasteiger partial charge in [0.2, 0.25) is 11.8 Å². The molecule has 0 aromatic heterocycles. The predicted molar refractivity (Wildman–Crippen MR) is 48.2 cm³/mol. The second-order valence-electron chi connectivity index (χ2n) is 2.61. The van der Waals surface area contributed by atoms with Crippen molar-refractivity contribution < 1.29 is 19.8 Å². The first-order valence-corrected chi connectivity index (χ1v) is 4.11. The van der Waals surface area contributed by atoms with E-state index in [4.69, 9.17) is 15.9 Å². The zero-order valence-electron chi connectivity index (χ0n) is 7.69. The number of nitrogens with one attached hydrogen (secondary N) is 2. The molecule has 0 aliphatic rings. The Balaban J connectivity index is 3.69. The van der Waals surface area contributed by atoms with Crippen LogP contribution in [-0.2, 0) is 9.59 Å². The van der Waals surface area contributed by atoms with Gasteiger partial charge in [-0.1, -0.05) is 0 Å². The lowest BCUT2D eigenvalue weighted by atomic mass is 10.3. The number of nitrogens with two attached hydrogens (primary N) is 1. The molecule has 14 heavy (non-hydrogen) atoms. The van der Waals surface area contributed by atoms with Gasteiger partial charge in [0.25, 0.3) is 0 Å². The van der Waals surface area contributed by atoms with Crippen molar-refractivity contribution in [3.63, 3.8) is 0 Å². The molecule has 0 fully saturated rings. The van der Waals surface area contributed by atoms with Crippen molar-refractivity contribution >= 4 is 11.8 Å². The van der Waals surface area contributed by atoms with E-state index < -0.39 is 17.9 Å². The topological polar surface area (TPSA) is 125 Å². The standard InChI is InChI=1S/C7H15N3O4/c8-1-6(13)9-2-7(14)10-5(3-11)4-12/h5,11-12H,1-4,8H2,(H,9,13)(H,10,14). The minimum Gasteiger partial charge on any atom is -0.394 e. The molecule has 0 aromatic carbocycles. The van der Waals surface area contributed by atoms with Gasteiger partial charge < -0.3 is 26.6 Å². The SMILES string of the molecule is NCC(=O)NCC(=O)NC(CO)CO. The molecule has 0 unspecified atom stereocenters. The van der Waals surface area contributed by atoms with Crippen LogP contribution in [0.4, 0.5) is 0 Å². The Labute approximate surface area is 81.3 Å². The van der Waals surface area contributed by atoms with E-state index in [-0.39, 0.29) is 26.3 Å². The highest BCUT2D eigenvalue weighted by atomic mass is 16.3. The summed E-state index contributed by atoms with van der Waals surface area (Å²) in [5.74, 6) is -0.926. The number of carbonyl (C=O) groups is 2. The summed E-state index contributed by atoms with van der Waals surface area (Å²) in [6.45, 7) is -1.11. The lowest BCUT2D eigenvalue weighted by Gasteiger charge is -2.13. The minimum absolute atomic E-state index is 0.184. The quantitative estimate of drug-likeness (QED) is 0.308. The van der Waals surface area contributed by atoms with Crippen LogP contribution in [0.3, 0.4) is 0 Å². The molecule has 0 aromatic rings. The Kier molecular flexibility index (Phi) is 6.63. The summed E-state index contributed by atoms with van der Waals surface area (Å²) in [6, 6.07) is -0.697. The number of aliphatic hydroxyl groups is 2. The van der Waals surface area contributed by atoms with E-state index in [1.165, 1.54) is 0 Å². The molecule has 6 N–H and O–H groups in total. The van der Waals surface area contributed by atoms with E-state index in [1.807, 2.05) is 0 Å². The molecule has 82 valence electrons.